The maximum absolute atomic E-state index is 5.33. The van der Waals surface area contributed by atoms with E-state index in [1.807, 2.05) is 24.4 Å². The van der Waals surface area contributed by atoms with E-state index >= 15 is 0 Å². The second kappa shape index (κ2) is 7.98. The molecule has 0 aliphatic heterocycles. The lowest BCUT2D eigenvalue weighted by molar-refractivity contribution is 0.185. The molecule has 4 rings (SSSR count). The van der Waals surface area contributed by atoms with Crippen molar-refractivity contribution >= 4 is 22.7 Å². The first-order chi connectivity index (χ1) is 13.3. The topological polar surface area (TPSA) is 55.7 Å². The number of para-hydroxylation sites is 1. The van der Waals surface area contributed by atoms with E-state index < -0.39 is 0 Å². The largest absolute Gasteiger partial charge is 0.383 e. The number of nitrogens with zero attached hydrogens (tertiary/aromatic N) is 3. The predicted molar refractivity (Wildman–Crippen MR) is 110 cm³/mol. The number of hydrogen-bond acceptors (Lipinski definition) is 4. The third-order valence-corrected chi connectivity index (χ3v) is 5.76. The highest BCUT2D eigenvalue weighted by Crippen LogP contribution is 2.36. The Kier molecular flexibility index (Phi) is 5.27. The molecule has 1 atom stereocenters. The van der Waals surface area contributed by atoms with Gasteiger partial charge < -0.3 is 9.72 Å². The standard InChI is InChI=1S/C21H22N4OS/c1-15(16-8-4-3-5-9-16)27-21-24-23-20(25(21)12-13-26-2)18-14-22-19-11-7-6-10-17(18)19/h3-11,14-15,22H,12-13H2,1-2H3/t15-/m0/s1. The minimum Gasteiger partial charge on any atom is -0.383 e. The summed E-state index contributed by atoms with van der Waals surface area (Å²) in [6, 6.07) is 18.7. The van der Waals surface area contributed by atoms with Gasteiger partial charge in [0, 0.05) is 35.0 Å². The molecule has 138 valence electrons. The second-order valence-electron chi connectivity index (χ2n) is 6.37. The molecule has 0 aliphatic rings. The predicted octanol–water partition coefficient (Wildman–Crippen LogP) is 4.93. The van der Waals surface area contributed by atoms with Gasteiger partial charge in [-0.2, -0.15) is 0 Å². The molecule has 5 nitrogen and oxygen atoms in total. The molecule has 0 spiro atoms. The zero-order chi connectivity index (χ0) is 18.6. The normalized spacial score (nSPS) is 12.5. The Hall–Kier alpha value is -2.57. The number of aromatic nitrogens is 4. The van der Waals surface area contributed by atoms with E-state index in [9.17, 15) is 0 Å². The summed E-state index contributed by atoms with van der Waals surface area (Å²) < 4.78 is 7.48. The number of methoxy groups -OCH3 is 1. The van der Waals surface area contributed by atoms with Gasteiger partial charge in [0.15, 0.2) is 11.0 Å². The highest BCUT2D eigenvalue weighted by molar-refractivity contribution is 7.99. The lowest BCUT2D eigenvalue weighted by Crippen LogP contribution is -2.08. The summed E-state index contributed by atoms with van der Waals surface area (Å²) in [6.07, 6.45) is 2.01. The number of rotatable bonds is 7. The van der Waals surface area contributed by atoms with Crippen LogP contribution in [0.5, 0.6) is 0 Å². The molecule has 27 heavy (non-hydrogen) atoms. The molecule has 6 heteroatoms. The Morgan fingerprint density at radius 2 is 1.85 bits per heavy atom. The highest BCUT2D eigenvalue weighted by Gasteiger charge is 2.19. The molecule has 2 heterocycles. The third kappa shape index (κ3) is 3.63. The molecule has 0 unspecified atom stereocenters. The van der Waals surface area contributed by atoms with Gasteiger partial charge in [-0.1, -0.05) is 60.3 Å². The van der Waals surface area contributed by atoms with Gasteiger partial charge in [-0.25, -0.2) is 0 Å². The van der Waals surface area contributed by atoms with Crippen molar-refractivity contribution in [3.63, 3.8) is 0 Å². The molecule has 1 N–H and O–H groups in total. The molecule has 2 aromatic carbocycles. The molecule has 0 radical (unpaired) electrons. The maximum atomic E-state index is 5.33. The van der Waals surface area contributed by atoms with Crippen molar-refractivity contribution in [2.24, 2.45) is 0 Å². The monoisotopic (exact) mass is 378 g/mol. The molecule has 0 amide bonds. The van der Waals surface area contributed by atoms with Crippen LogP contribution in [0.2, 0.25) is 0 Å². The Morgan fingerprint density at radius 3 is 2.67 bits per heavy atom. The maximum Gasteiger partial charge on any atom is 0.192 e. The molecule has 0 aliphatic carbocycles. The van der Waals surface area contributed by atoms with Crippen LogP contribution < -0.4 is 0 Å². The number of nitrogens with one attached hydrogen (secondary N) is 1. The van der Waals surface area contributed by atoms with Gasteiger partial charge in [-0.05, 0) is 18.6 Å². The van der Waals surface area contributed by atoms with Crippen LogP contribution in [0.25, 0.3) is 22.3 Å². The van der Waals surface area contributed by atoms with Gasteiger partial charge in [0.1, 0.15) is 0 Å². The molecule has 0 fully saturated rings. The van der Waals surface area contributed by atoms with Crippen LogP contribution in [0.3, 0.4) is 0 Å². The van der Waals surface area contributed by atoms with Gasteiger partial charge in [-0.3, -0.25) is 4.57 Å². The van der Waals surface area contributed by atoms with Crippen LogP contribution in [0, 0.1) is 0 Å². The van der Waals surface area contributed by atoms with E-state index in [1.165, 1.54) is 5.56 Å². The minimum absolute atomic E-state index is 0.285. The van der Waals surface area contributed by atoms with E-state index in [-0.39, 0.29) is 5.25 Å². The van der Waals surface area contributed by atoms with Crippen LogP contribution in [0.15, 0.2) is 66.0 Å². The number of ether oxygens (including phenoxy) is 1. The van der Waals surface area contributed by atoms with E-state index in [0.29, 0.717) is 13.2 Å². The summed E-state index contributed by atoms with van der Waals surface area (Å²) in [5.74, 6) is 0.868. The van der Waals surface area contributed by atoms with Gasteiger partial charge in [-0.15, -0.1) is 10.2 Å². The summed E-state index contributed by atoms with van der Waals surface area (Å²) >= 11 is 1.72. The zero-order valence-electron chi connectivity index (χ0n) is 15.4. The summed E-state index contributed by atoms with van der Waals surface area (Å²) in [4.78, 5) is 3.33. The Labute approximate surface area is 162 Å². The summed E-state index contributed by atoms with van der Waals surface area (Å²) in [5.41, 5.74) is 3.44. The van der Waals surface area contributed by atoms with Gasteiger partial charge in [0.05, 0.1) is 13.2 Å². The summed E-state index contributed by atoms with van der Waals surface area (Å²) in [5, 5.41) is 11.4. The van der Waals surface area contributed by atoms with Crippen molar-refractivity contribution in [3.8, 4) is 11.4 Å². The van der Waals surface area contributed by atoms with Crippen molar-refractivity contribution in [1.29, 1.82) is 0 Å². The third-order valence-electron chi connectivity index (χ3n) is 4.62. The molecular formula is C21H22N4OS. The smallest absolute Gasteiger partial charge is 0.192 e. The van der Waals surface area contributed by atoms with E-state index in [1.54, 1.807) is 18.9 Å². The second-order valence-corrected chi connectivity index (χ2v) is 7.68. The lowest BCUT2D eigenvalue weighted by atomic mass is 10.1. The van der Waals surface area contributed by atoms with Gasteiger partial charge >= 0.3 is 0 Å². The van der Waals surface area contributed by atoms with E-state index in [4.69, 9.17) is 4.74 Å². The van der Waals surface area contributed by atoms with Crippen LogP contribution in [0.4, 0.5) is 0 Å². The average molecular weight is 379 g/mol. The van der Waals surface area contributed by atoms with Gasteiger partial charge in [0.25, 0.3) is 0 Å². The Balaban J connectivity index is 1.71. The summed E-state index contributed by atoms with van der Waals surface area (Å²) in [7, 11) is 1.72. The first-order valence-electron chi connectivity index (χ1n) is 8.98. The van der Waals surface area contributed by atoms with Crippen LogP contribution >= 0.6 is 11.8 Å². The SMILES string of the molecule is COCCn1c(S[C@@H](C)c2ccccc2)nnc1-c1c[nH]c2ccccc12. The molecular weight excluding hydrogens is 356 g/mol. The molecule has 0 saturated carbocycles. The lowest BCUT2D eigenvalue weighted by Gasteiger charge is -2.13. The van der Waals surface area contributed by atoms with E-state index in [2.05, 4.69) is 63.1 Å². The first kappa shape index (κ1) is 17.8. The average Bonchev–Trinajstić information content (AvgIpc) is 3.30. The number of benzene rings is 2. The van der Waals surface area contributed by atoms with Crippen molar-refractivity contribution in [3.05, 3.63) is 66.4 Å². The number of H-pyrrole nitrogens is 1. The van der Waals surface area contributed by atoms with Crippen LogP contribution in [-0.2, 0) is 11.3 Å². The van der Waals surface area contributed by atoms with Crippen molar-refractivity contribution in [2.45, 2.75) is 23.9 Å². The molecule has 0 bridgehead atoms. The fraction of sp³-hybridized carbons (Fsp3) is 0.238. The zero-order valence-corrected chi connectivity index (χ0v) is 16.2. The fourth-order valence-corrected chi connectivity index (χ4v) is 4.17. The minimum atomic E-state index is 0.285. The fourth-order valence-electron chi connectivity index (χ4n) is 3.17. The Morgan fingerprint density at radius 1 is 1.07 bits per heavy atom. The molecule has 2 aromatic heterocycles. The van der Waals surface area contributed by atoms with Crippen LogP contribution in [-0.4, -0.2) is 33.5 Å². The van der Waals surface area contributed by atoms with Crippen LogP contribution in [0.1, 0.15) is 17.7 Å². The van der Waals surface area contributed by atoms with Crippen molar-refractivity contribution < 1.29 is 4.74 Å². The van der Waals surface area contributed by atoms with Gasteiger partial charge in [0.2, 0.25) is 0 Å². The number of hydrogen-bond donors (Lipinski definition) is 1. The summed E-state index contributed by atoms with van der Waals surface area (Å²) in [6.45, 7) is 3.52. The highest BCUT2D eigenvalue weighted by atomic mass is 32.2. The Bertz CT molecular complexity index is 1030. The van der Waals surface area contributed by atoms with Crippen molar-refractivity contribution in [2.75, 3.05) is 13.7 Å². The van der Waals surface area contributed by atoms with Crippen molar-refractivity contribution in [1.82, 2.24) is 19.7 Å². The molecule has 4 aromatic rings. The van der Waals surface area contributed by atoms with E-state index in [0.717, 1.165) is 27.4 Å². The molecule has 0 saturated heterocycles. The number of fused-ring (bicyclic) bond motifs is 1. The number of thioether (sulfide) groups is 1. The number of aromatic amines is 1. The first-order valence-corrected chi connectivity index (χ1v) is 9.86. The quantitative estimate of drug-likeness (QED) is 0.464.